The number of hydrogen-bond donors (Lipinski definition) is 2. The minimum absolute atomic E-state index is 0.132. The van der Waals surface area contributed by atoms with E-state index in [1.165, 1.54) is 7.11 Å². The van der Waals surface area contributed by atoms with Crippen LogP contribution in [0.3, 0.4) is 0 Å². The van der Waals surface area contributed by atoms with Gasteiger partial charge in [-0.3, -0.25) is 0 Å². The van der Waals surface area contributed by atoms with Crippen molar-refractivity contribution < 1.29 is 28.9 Å². The van der Waals surface area contributed by atoms with Gasteiger partial charge in [0.2, 0.25) is 0 Å². The van der Waals surface area contributed by atoms with Gasteiger partial charge in [-0.15, -0.1) is 0 Å². The number of aliphatic hydroxyl groups excluding tert-OH is 1. The van der Waals surface area contributed by atoms with Crippen molar-refractivity contribution >= 4 is 12.1 Å². The standard InChI is InChI=1S/C17H25NO6/c1-17(2,3)24-16(21)18-13(10-19)14(15(20)22-4)23-11-12-8-6-5-7-9-12/h5-9,13-14,19H,10-11H2,1-4H3,(H,18,21)/t13-,14+/m1/s1. The van der Waals surface area contributed by atoms with Crippen LogP contribution >= 0.6 is 0 Å². The van der Waals surface area contributed by atoms with Crippen LogP contribution in [0.4, 0.5) is 4.79 Å². The first-order chi connectivity index (χ1) is 11.3. The van der Waals surface area contributed by atoms with Gasteiger partial charge in [0.15, 0.2) is 6.10 Å². The molecule has 0 unspecified atom stereocenters. The normalized spacial score (nSPS) is 13.7. The van der Waals surface area contributed by atoms with E-state index in [2.05, 4.69) is 5.32 Å². The summed E-state index contributed by atoms with van der Waals surface area (Å²) in [7, 11) is 1.21. The number of aliphatic hydroxyl groups is 1. The molecule has 1 rings (SSSR count). The lowest BCUT2D eigenvalue weighted by atomic mass is 10.1. The van der Waals surface area contributed by atoms with Crippen molar-refractivity contribution in [1.29, 1.82) is 0 Å². The van der Waals surface area contributed by atoms with Crippen LogP contribution in [0, 0.1) is 0 Å². The Morgan fingerprint density at radius 2 is 1.83 bits per heavy atom. The number of rotatable bonds is 7. The first kappa shape index (κ1) is 19.9. The maximum Gasteiger partial charge on any atom is 0.408 e. The van der Waals surface area contributed by atoms with Crippen molar-refractivity contribution in [2.75, 3.05) is 13.7 Å². The first-order valence-corrected chi connectivity index (χ1v) is 7.60. The molecule has 7 heteroatoms. The Morgan fingerprint density at radius 1 is 1.21 bits per heavy atom. The Kier molecular flexibility index (Phi) is 7.67. The van der Waals surface area contributed by atoms with Crippen LogP contribution in [0.15, 0.2) is 30.3 Å². The van der Waals surface area contributed by atoms with Crippen molar-refractivity contribution in [2.24, 2.45) is 0 Å². The molecule has 7 nitrogen and oxygen atoms in total. The van der Waals surface area contributed by atoms with Crippen molar-refractivity contribution in [3.05, 3.63) is 35.9 Å². The monoisotopic (exact) mass is 339 g/mol. The molecule has 0 saturated carbocycles. The molecule has 0 heterocycles. The zero-order valence-electron chi connectivity index (χ0n) is 14.4. The van der Waals surface area contributed by atoms with Gasteiger partial charge in [-0.25, -0.2) is 9.59 Å². The highest BCUT2D eigenvalue weighted by Gasteiger charge is 2.32. The lowest BCUT2D eigenvalue weighted by molar-refractivity contribution is -0.158. The third-order valence-electron chi connectivity index (χ3n) is 2.97. The molecule has 0 aliphatic carbocycles. The summed E-state index contributed by atoms with van der Waals surface area (Å²) in [5, 5.41) is 12.0. The Morgan fingerprint density at radius 3 is 2.33 bits per heavy atom. The zero-order chi connectivity index (χ0) is 18.2. The SMILES string of the molecule is COC(=O)[C@@H](OCc1ccccc1)[C@@H](CO)NC(=O)OC(C)(C)C. The number of nitrogens with one attached hydrogen (secondary N) is 1. The van der Waals surface area contributed by atoms with E-state index in [1.54, 1.807) is 20.8 Å². The van der Waals surface area contributed by atoms with E-state index in [0.29, 0.717) is 0 Å². The number of amides is 1. The zero-order valence-corrected chi connectivity index (χ0v) is 14.4. The smallest absolute Gasteiger partial charge is 0.408 e. The Labute approximate surface area is 141 Å². The highest BCUT2D eigenvalue weighted by Crippen LogP contribution is 2.11. The quantitative estimate of drug-likeness (QED) is 0.733. The van der Waals surface area contributed by atoms with Crippen LogP contribution in [0.5, 0.6) is 0 Å². The molecule has 0 spiro atoms. The Balaban J connectivity index is 2.76. The topological polar surface area (TPSA) is 94.1 Å². The number of alkyl carbamates (subject to hydrolysis) is 1. The molecule has 2 atom stereocenters. The summed E-state index contributed by atoms with van der Waals surface area (Å²) in [6, 6.07) is 8.23. The maximum atomic E-state index is 11.9. The number of ether oxygens (including phenoxy) is 3. The van der Waals surface area contributed by atoms with Crippen molar-refractivity contribution in [3.8, 4) is 0 Å². The van der Waals surface area contributed by atoms with E-state index in [1.807, 2.05) is 30.3 Å². The van der Waals surface area contributed by atoms with Crippen molar-refractivity contribution in [2.45, 2.75) is 45.1 Å². The van der Waals surface area contributed by atoms with Crippen molar-refractivity contribution in [1.82, 2.24) is 5.32 Å². The molecule has 0 aliphatic heterocycles. The summed E-state index contributed by atoms with van der Waals surface area (Å²) < 4.78 is 15.4. The van der Waals surface area contributed by atoms with Crippen LogP contribution in [-0.4, -0.2) is 48.6 Å². The Hall–Kier alpha value is -2.12. The van der Waals surface area contributed by atoms with Crippen LogP contribution in [0.25, 0.3) is 0 Å². The summed E-state index contributed by atoms with van der Waals surface area (Å²) in [6.45, 7) is 4.76. The fourth-order valence-corrected chi connectivity index (χ4v) is 1.90. The van der Waals surface area contributed by atoms with E-state index in [9.17, 15) is 14.7 Å². The average Bonchev–Trinajstić information content (AvgIpc) is 2.52. The molecule has 134 valence electrons. The van der Waals surface area contributed by atoms with E-state index >= 15 is 0 Å². The molecule has 0 aliphatic rings. The number of carbonyl (C=O) groups is 2. The molecule has 1 aromatic rings. The third-order valence-corrected chi connectivity index (χ3v) is 2.97. The molecule has 0 bridgehead atoms. The van der Waals surface area contributed by atoms with E-state index < -0.39 is 36.4 Å². The van der Waals surface area contributed by atoms with Crippen LogP contribution in [-0.2, 0) is 25.6 Å². The molecule has 1 aromatic carbocycles. The fraction of sp³-hybridized carbons (Fsp3) is 0.529. The maximum absolute atomic E-state index is 11.9. The second-order valence-corrected chi connectivity index (χ2v) is 6.18. The van der Waals surface area contributed by atoms with Gasteiger partial charge in [0.25, 0.3) is 0 Å². The third kappa shape index (κ3) is 6.97. The molecule has 0 radical (unpaired) electrons. The molecule has 24 heavy (non-hydrogen) atoms. The highest BCUT2D eigenvalue weighted by atomic mass is 16.6. The summed E-state index contributed by atoms with van der Waals surface area (Å²) in [5.74, 6) is -0.693. The first-order valence-electron chi connectivity index (χ1n) is 7.60. The fourth-order valence-electron chi connectivity index (χ4n) is 1.90. The number of methoxy groups -OCH3 is 1. The van der Waals surface area contributed by atoms with Gasteiger partial charge < -0.3 is 24.6 Å². The molecule has 1 amide bonds. The van der Waals surface area contributed by atoms with Gasteiger partial charge in [0, 0.05) is 0 Å². The summed E-state index contributed by atoms with van der Waals surface area (Å²) >= 11 is 0. The van der Waals surface area contributed by atoms with Crippen molar-refractivity contribution in [3.63, 3.8) is 0 Å². The van der Waals surface area contributed by atoms with E-state index in [0.717, 1.165) is 5.56 Å². The van der Waals surface area contributed by atoms with Gasteiger partial charge in [0.1, 0.15) is 5.60 Å². The molecule has 0 saturated heterocycles. The van der Waals surface area contributed by atoms with Crippen LogP contribution < -0.4 is 5.32 Å². The molecule has 0 fully saturated rings. The minimum atomic E-state index is -1.16. The van der Waals surface area contributed by atoms with Gasteiger partial charge in [-0.1, -0.05) is 30.3 Å². The minimum Gasteiger partial charge on any atom is -0.467 e. The van der Waals surface area contributed by atoms with Crippen LogP contribution in [0.2, 0.25) is 0 Å². The number of benzene rings is 1. The van der Waals surface area contributed by atoms with E-state index in [4.69, 9.17) is 14.2 Å². The molecular weight excluding hydrogens is 314 g/mol. The van der Waals surface area contributed by atoms with Gasteiger partial charge in [-0.2, -0.15) is 0 Å². The van der Waals surface area contributed by atoms with Gasteiger partial charge in [-0.05, 0) is 26.3 Å². The largest absolute Gasteiger partial charge is 0.467 e. The predicted molar refractivity (Wildman–Crippen MR) is 87.3 cm³/mol. The second kappa shape index (κ2) is 9.24. The molecular formula is C17H25NO6. The number of carbonyl (C=O) groups excluding carboxylic acids is 2. The summed E-state index contributed by atoms with van der Waals surface area (Å²) in [4.78, 5) is 23.8. The highest BCUT2D eigenvalue weighted by molar-refractivity contribution is 5.77. The molecule has 0 aromatic heterocycles. The Bertz CT molecular complexity index is 526. The van der Waals surface area contributed by atoms with E-state index in [-0.39, 0.29) is 6.61 Å². The second-order valence-electron chi connectivity index (χ2n) is 6.18. The van der Waals surface area contributed by atoms with Gasteiger partial charge in [0.05, 0.1) is 26.4 Å². The number of esters is 1. The lowest BCUT2D eigenvalue weighted by Crippen LogP contribution is -2.51. The predicted octanol–water partition coefficient (Wildman–Crippen LogP) is 1.63. The molecule has 2 N–H and O–H groups in total. The number of hydrogen-bond acceptors (Lipinski definition) is 6. The van der Waals surface area contributed by atoms with Crippen LogP contribution in [0.1, 0.15) is 26.3 Å². The average molecular weight is 339 g/mol. The summed E-state index contributed by atoms with van der Waals surface area (Å²) in [5.41, 5.74) is 0.149. The van der Waals surface area contributed by atoms with Gasteiger partial charge >= 0.3 is 12.1 Å². The summed E-state index contributed by atoms with van der Waals surface area (Å²) in [6.07, 6.45) is -1.91. The lowest BCUT2D eigenvalue weighted by Gasteiger charge is -2.26.